The SMILES string of the molecule is Cc1ccc(C)c(Oc2ccc(F)cc2CCN)c1C. The Morgan fingerprint density at radius 3 is 2.45 bits per heavy atom. The highest BCUT2D eigenvalue weighted by molar-refractivity contribution is 5.48. The molecule has 0 aliphatic carbocycles. The lowest BCUT2D eigenvalue weighted by atomic mass is 10.0. The zero-order valence-corrected chi connectivity index (χ0v) is 12.2. The molecule has 0 aliphatic heterocycles. The molecule has 0 unspecified atom stereocenters. The van der Waals surface area contributed by atoms with Gasteiger partial charge in [-0.2, -0.15) is 0 Å². The van der Waals surface area contributed by atoms with Crippen molar-refractivity contribution in [2.75, 3.05) is 6.54 Å². The van der Waals surface area contributed by atoms with Crippen molar-refractivity contribution >= 4 is 0 Å². The summed E-state index contributed by atoms with van der Waals surface area (Å²) >= 11 is 0. The van der Waals surface area contributed by atoms with Gasteiger partial charge in [0, 0.05) is 0 Å². The summed E-state index contributed by atoms with van der Waals surface area (Å²) in [5.41, 5.74) is 9.72. The highest BCUT2D eigenvalue weighted by Gasteiger charge is 2.11. The molecule has 2 N–H and O–H groups in total. The molecule has 0 atom stereocenters. The molecule has 2 aromatic rings. The molecule has 0 fully saturated rings. The van der Waals surface area contributed by atoms with Crippen LogP contribution in [0.5, 0.6) is 11.5 Å². The lowest BCUT2D eigenvalue weighted by Gasteiger charge is -2.16. The van der Waals surface area contributed by atoms with Crippen molar-refractivity contribution in [1.29, 1.82) is 0 Å². The van der Waals surface area contributed by atoms with Gasteiger partial charge >= 0.3 is 0 Å². The first-order chi connectivity index (χ1) is 9.52. The van der Waals surface area contributed by atoms with E-state index in [0.717, 1.165) is 22.4 Å². The van der Waals surface area contributed by atoms with Crippen LogP contribution in [0.3, 0.4) is 0 Å². The molecule has 0 aliphatic rings. The summed E-state index contributed by atoms with van der Waals surface area (Å²) < 4.78 is 19.4. The molecular formula is C17H20FNO. The van der Waals surface area contributed by atoms with Gasteiger partial charge in [-0.15, -0.1) is 0 Å². The van der Waals surface area contributed by atoms with Crippen LogP contribution >= 0.6 is 0 Å². The molecule has 2 rings (SSSR count). The molecule has 2 aromatic carbocycles. The zero-order chi connectivity index (χ0) is 14.7. The molecule has 3 heteroatoms. The molecule has 0 saturated carbocycles. The first-order valence-corrected chi connectivity index (χ1v) is 6.76. The molecule has 0 bridgehead atoms. The molecule has 0 saturated heterocycles. The highest BCUT2D eigenvalue weighted by Crippen LogP contribution is 2.32. The maximum atomic E-state index is 13.3. The van der Waals surface area contributed by atoms with Crippen molar-refractivity contribution in [2.24, 2.45) is 5.73 Å². The Labute approximate surface area is 119 Å². The van der Waals surface area contributed by atoms with Crippen molar-refractivity contribution in [3.05, 3.63) is 58.4 Å². The van der Waals surface area contributed by atoms with E-state index in [1.165, 1.54) is 17.7 Å². The fourth-order valence-electron chi connectivity index (χ4n) is 2.19. The van der Waals surface area contributed by atoms with Crippen molar-refractivity contribution in [3.8, 4) is 11.5 Å². The van der Waals surface area contributed by atoms with E-state index in [9.17, 15) is 4.39 Å². The standard InChI is InChI=1S/C17H20FNO/c1-11-4-5-12(2)17(13(11)3)20-16-7-6-15(18)10-14(16)8-9-19/h4-7,10H,8-9,19H2,1-3H3. The minimum absolute atomic E-state index is 0.265. The Hall–Kier alpha value is -1.87. The van der Waals surface area contributed by atoms with Crippen LogP contribution in [-0.4, -0.2) is 6.54 Å². The number of aryl methyl sites for hydroxylation is 2. The predicted molar refractivity (Wildman–Crippen MR) is 79.9 cm³/mol. The molecule has 2 nitrogen and oxygen atoms in total. The molecular weight excluding hydrogens is 253 g/mol. The summed E-state index contributed by atoms with van der Waals surface area (Å²) in [5, 5.41) is 0. The maximum Gasteiger partial charge on any atom is 0.133 e. The van der Waals surface area contributed by atoms with Crippen LogP contribution in [0.2, 0.25) is 0 Å². The van der Waals surface area contributed by atoms with Crippen molar-refractivity contribution < 1.29 is 9.13 Å². The van der Waals surface area contributed by atoms with E-state index in [-0.39, 0.29) is 5.82 Å². The Balaban J connectivity index is 2.42. The minimum atomic E-state index is -0.265. The van der Waals surface area contributed by atoms with Crippen LogP contribution in [0.25, 0.3) is 0 Å². The highest BCUT2D eigenvalue weighted by atomic mass is 19.1. The number of rotatable bonds is 4. The van der Waals surface area contributed by atoms with E-state index < -0.39 is 0 Å². The first kappa shape index (κ1) is 14.5. The smallest absolute Gasteiger partial charge is 0.133 e. The molecule has 0 radical (unpaired) electrons. The number of halogens is 1. The molecule has 0 aromatic heterocycles. The van der Waals surface area contributed by atoms with Gasteiger partial charge in [-0.05, 0) is 74.2 Å². The summed E-state index contributed by atoms with van der Waals surface area (Å²) in [7, 11) is 0. The lowest BCUT2D eigenvalue weighted by molar-refractivity contribution is 0.466. The van der Waals surface area contributed by atoms with Gasteiger partial charge in [-0.3, -0.25) is 0 Å². The molecule has 0 amide bonds. The second kappa shape index (κ2) is 6.06. The van der Waals surface area contributed by atoms with Gasteiger partial charge in [0.2, 0.25) is 0 Å². The lowest BCUT2D eigenvalue weighted by Crippen LogP contribution is -2.05. The van der Waals surface area contributed by atoms with Crippen LogP contribution in [-0.2, 0) is 6.42 Å². The topological polar surface area (TPSA) is 35.2 Å². The maximum absolute atomic E-state index is 13.3. The average Bonchev–Trinajstić information content (AvgIpc) is 2.42. The van der Waals surface area contributed by atoms with E-state index in [2.05, 4.69) is 6.07 Å². The van der Waals surface area contributed by atoms with E-state index in [0.29, 0.717) is 18.7 Å². The fourth-order valence-corrected chi connectivity index (χ4v) is 2.19. The number of benzene rings is 2. The second-order valence-corrected chi connectivity index (χ2v) is 5.05. The molecule has 20 heavy (non-hydrogen) atoms. The number of hydrogen-bond donors (Lipinski definition) is 1. The summed E-state index contributed by atoms with van der Waals surface area (Å²) in [6.45, 7) is 6.55. The Kier molecular flexibility index (Phi) is 4.40. The fraction of sp³-hybridized carbons (Fsp3) is 0.294. The number of ether oxygens (including phenoxy) is 1. The largest absolute Gasteiger partial charge is 0.457 e. The quantitative estimate of drug-likeness (QED) is 0.912. The Bertz CT molecular complexity index is 623. The normalized spacial score (nSPS) is 10.7. The van der Waals surface area contributed by atoms with Gasteiger partial charge in [0.15, 0.2) is 0 Å². The van der Waals surface area contributed by atoms with Crippen molar-refractivity contribution in [3.63, 3.8) is 0 Å². The van der Waals surface area contributed by atoms with Crippen LogP contribution in [0, 0.1) is 26.6 Å². The summed E-state index contributed by atoms with van der Waals surface area (Å²) in [6, 6.07) is 8.67. The predicted octanol–water partition coefficient (Wildman–Crippen LogP) is 4.04. The number of hydrogen-bond acceptors (Lipinski definition) is 2. The minimum Gasteiger partial charge on any atom is -0.457 e. The third-order valence-corrected chi connectivity index (χ3v) is 3.52. The van der Waals surface area contributed by atoms with E-state index >= 15 is 0 Å². The van der Waals surface area contributed by atoms with E-state index in [1.807, 2.05) is 26.8 Å². The van der Waals surface area contributed by atoms with Crippen molar-refractivity contribution in [1.82, 2.24) is 0 Å². The van der Waals surface area contributed by atoms with Gasteiger partial charge in [-0.1, -0.05) is 12.1 Å². The van der Waals surface area contributed by atoms with E-state index in [1.54, 1.807) is 6.07 Å². The summed E-state index contributed by atoms with van der Waals surface area (Å²) in [4.78, 5) is 0. The van der Waals surface area contributed by atoms with Crippen LogP contribution in [0.15, 0.2) is 30.3 Å². The van der Waals surface area contributed by atoms with Crippen LogP contribution in [0.1, 0.15) is 22.3 Å². The zero-order valence-electron chi connectivity index (χ0n) is 12.2. The molecule has 0 heterocycles. The molecule has 106 valence electrons. The third kappa shape index (κ3) is 2.99. The van der Waals surface area contributed by atoms with Gasteiger partial charge < -0.3 is 10.5 Å². The van der Waals surface area contributed by atoms with Gasteiger partial charge in [-0.25, -0.2) is 4.39 Å². The summed E-state index contributed by atoms with van der Waals surface area (Å²) in [6.07, 6.45) is 0.594. The average molecular weight is 273 g/mol. The first-order valence-electron chi connectivity index (χ1n) is 6.76. The van der Waals surface area contributed by atoms with Gasteiger partial charge in [0.25, 0.3) is 0 Å². The van der Waals surface area contributed by atoms with Crippen LogP contribution < -0.4 is 10.5 Å². The Morgan fingerprint density at radius 1 is 1.05 bits per heavy atom. The monoisotopic (exact) mass is 273 g/mol. The Morgan fingerprint density at radius 2 is 1.75 bits per heavy atom. The van der Waals surface area contributed by atoms with Gasteiger partial charge in [0.1, 0.15) is 17.3 Å². The van der Waals surface area contributed by atoms with E-state index in [4.69, 9.17) is 10.5 Å². The molecule has 0 spiro atoms. The van der Waals surface area contributed by atoms with Gasteiger partial charge in [0.05, 0.1) is 0 Å². The van der Waals surface area contributed by atoms with Crippen molar-refractivity contribution in [2.45, 2.75) is 27.2 Å². The van der Waals surface area contributed by atoms with Crippen LogP contribution in [0.4, 0.5) is 4.39 Å². The third-order valence-electron chi connectivity index (χ3n) is 3.52. The summed E-state index contributed by atoms with van der Waals surface area (Å²) in [5.74, 6) is 1.25. The number of nitrogens with two attached hydrogens (primary N) is 1. The second-order valence-electron chi connectivity index (χ2n) is 5.05.